The number of nitrogens with one attached hydrogen (secondary N) is 2. The third-order valence-corrected chi connectivity index (χ3v) is 5.43. The summed E-state index contributed by atoms with van der Waals surface area (Å²) in [5.74, 6) is -0.474. The van der Waals surface area contributed by atoms with Crippen LogP contribution in [0.3, 0.4) is 0 Å². The monoisotopic (exact) mass is 450 g/mol. The molecule has 3 aromatic carbocycles. The fraction of sp³-hybridized carbons (Fsp3) is 0.130. The molecular weight excluding hydrogens is 428 g/mol. The maximum atomic E-state index is 13.3. The highest BCUT2D eigenvalue weighted by Gasteiger charge is 2.31. The Hall–Kier alpha value is -3.85. The maximum absolute atomic E-state index is 13.3. The molecule has 2 N–H and O–H groups in total. The molecule has 8 nitrogen and oxygen atoms in total. The number of rotatable bonds is 6. The third-order valence-electron chi connectivity index (χ3n) is 5.02. The number of nitro groups is 1. The van der Waals surface area contributed by atoms with Crippen LogP contribution in [0.2, 0.25) is 0 Å². The summed E-state index contributed by atoms with van der Waals surface area (Å²) in [5.41, 5.74) is 2.81. The topological polar surface area (TPSA) is 105 Å². The minimum atomic E-state index is -1.10. The third kappa shape index (κ3) is 5.06. The molecular formula is C23H22N4O4S. The van der Waals surface area contributed by atoms with E-state index in [0.717, 1.165) is 15.4 Å². The van der Waals surface area contributed by atoms with E-state index >= 15 is 0 Å². The van der Waals surface area contributed by atoms with Crippen molar-refractivity contribution in [2.45, 2.75) is 19.9 Å². The van der Waals surface area contributed by atoms with Crippen molar-refractivity contribution in [1.29, 1.82) is 0 Å². The van der Waals surface area contributed by atoms with Crippen LogP contribution in [0.4, 0.5) is 21.9 Å². The van der Waals surface area contributed by atoms with Crippen LogP contribution in [0.5, 0.6) is 0 Å². The van der Waals surface area contributed by atoms with Crippen molar-refractivity contribution in [3.05, 3.63) is 99.6 Å². The summed E-state index contributed by atoms with van der Waals surface area (Å²) in [4.78, 5) is 36.8. The van der Waals surface area contributed by atoms with Crippen molar-refractivity contribution in [3.8, 4) is 0 Å². The molecule has 0 aliphatic heterocycles. The lowest BCUT2D eigenvalue weighted by Crippen LogP contribution is -2.38. The Morgan fingerprint density at radius 2 is 1.53 bits per heavy atom. The molecule has 3 rings (SSSR count). The summed E-state index contributed by atoms with van der Waals surface area (Å²) in [6.07, 6.45) is 0. The second kappa shape index (κ2) is 9.97. The largest absolute Gasteiger partial charge is 0.332 e. The van der Waals surface area contributed by atoms with Crippen LogP contribution in [0.25, 0.3) is 0 Å². The van der Waals surface area contributed by atoms with Crippen LogP contribution < -0.4 is 10.6 Å². The number of benzene rings is 3. The van der Waals surface area contributed by atoms with E-state index in [0.29, 0.717) is 11.3 Å². The maximum Gasteiger partial charge on any atom is 0.332 e. The number of aryl methyl sites for hydroxylation is 1. The van der Waals surface area contributed by atoms with E-state index in [-0.39, 0.29) is 11.4 Å². The van der Waals surface area contributed by atoms with Gasteiger partial charge in [-0.3, -0.25) is 19.2 Å². The molecule has 0 spiro atoms. The Balaban J connectivity index is 1.90. The van der Waals surface area contributed by atoms with E-state index in [1.807, 2.05) is 26.0 Å². The van der Waals surface area contributed by atoms with Gasteiger partial charge in [-0.05, 0) is 42.7 Å². The number of nitro benzene ring substituents is 1. The zero-order chi connectivity index (χ0) is 23.3. The Morgan fingerprint density at radius 1 is 0.906 bits per heavy atom. The zero-order valence-corrected chi connectivity index (χ0v) is 18.4. The molecule has 0 saturated heterocycles. The molecule has 0 bridgehead atoms. The molecule has 0 heterocycles. The molecule has 0 aromatic heterocycles. The first-order chi connectivity index (χ1) is 15.3. The van der Waals surface area contributed by atoms with Crippen LogP contribution >= 0.6 is 12.8 Å². The van der Waals surface area contributed by atoms with Gasteiger partial charge in [0.1, 0.15) is 11.7 Å². The van der Waals surface area contributed by atoms with Gasteiger partial charge in [-0.25, -0.2) is 4.79 Å². The van der Waals surface area contributed by atoms with E-state index in [9.17, 15) is 19.7 Å². The van der Waals surface area contributed by atoms with Gasteiger partial charge in [0.2, 0.25) is 0 Å². The molecule has 0 aliphatic rings. The molecule has 3 amide bonds. The van der Waals surface area contributed by atoms with Crippen molar-refractivity contribution < 1.29 is 14.5 Å². The summed E-state index contributed by atoms with van der Waals surface area (Å²) >= 11 is 4.29. The smallest absolute Gasteiger partial charge is 0.324 e. The highest BCUT2D eigenvalue weighted by molar-refractivity contribution is 7.78. The number of thiol groups is 1. The van der Waals surface area contributed by atoms with Crippen LogP contribution in [-0.4, -0.2) is 21.2 Å². The molecule has 32 heavy (non-hydrogen) atoms. The van der Waals surface area contributed by atoms with Gasteiger partial charge < -0.3 is 10.6 Å². The summed E-state index contributed by atoms with van der Waals surface area (Å²) in [7, 11) is 0. The zero-order valence-electron chi connectivity index (χ0n) is 17.5. The Morgan fingerprint density at radius 3 is 2.22 bits per heavy atom. The molecule has 0 saturated carbocycles. The fourth-order valence-corrected chi connectivity index (χ4v) is 3.44. The molecule has 9 heteroatoms. The van der Waals surface area contributed by atoms with E-state index in [4.69, 9.17) is 0 Å². The minimum absolute atomic E-state index is 0.00305. The highest BCUT2D eigenvalue weighted by Crippen LogP contribution is 2.29. The predicted octanol–water partition coefficient (Wildman–Crippen LogP) is 5.27. The normalized spacial score (nSPS) is 11.3. The van der Waals surface area contributed by atoms with Crippen molar-refractivity contribution >= 4 is 41.8 Å². The summed E-state index contributed by atoms with van der Waals surface area (Å²) < 4.78 is 0.923. The second-order valence-electron chi connectivity index (χ2n) is 7.10. The average molecular weight is 451 g/mol. The van der Waals surface area contributed by atoms with Crippen molar-refractivity contribution in [3.63, 3.8) is 0 Å². The number of para-hydroxylation sites is 2. The van der Waals surface area contributed by atoms with Gasteiger partial charge in [-0.2, -0.15) is 0 Å². The van der Waals surface area contributed by atoms with Gasteiger partial charge in [0.05, 0.1) is 4.92 Å². The van der Waals surface area contributed by atoms with Crippen LogP contribution in [-0.2, 0) is 4.79 Å². The predicted molar refractivity (Wildman–Crippen MR) is 127 cm³/mol. The number of carbonyl (C=O) groups excluding carboxylic acids is 2. The highest BCUT2D eigenvalue weighted by atomic mass is 32.1. The second-order valence-corrected chi connectivity index (χ2v) is 7.53. The van der Waals surface area contributed by atoms with E-state index in [1.165, 1.54) is 18.2 Å². The number of nitrogens with zero attached hydrogens (tertiary/aromatic N) is 2. The van der Waals surface area contributed by atoms with Crippen molar-refractivity contribution in [1.82, 2.24) is 4.31 Å². The minimum Gasteiger partial charge on any atom is -0.324 e. The van der Waals surface area contributed by atoms with Gasteiger partial charge in [-0.15, -0.1) is 0 Å². The van der Waals surface area contributed by atoms with Gasteiger partial charge in [-0.1, -0.05) is 67.4 Å². The molecule has 0 fully saturated rings. The van der Waals surface area contributed by atoms with Crippen LogP contribution in [0.1, 0.15) is 22.7 Å². The fourth-order valence-electron chi connectivity index (χ4n) is 3.15. The first-order valence-electron chi connectivity index (χ1n) is 9.74. The molecule has 1 atom stereocenters. The number of carbonyl (C=O) groups is 2. The molecule has 0 aliphatic carbocycles. The Labute approximate surface area is 190 Å². The van der Waals surface area contributed by atoms with E-state index < -0.39 is 22.9 Å². The van der Waals surface area contributed by atoms with Crippen LogP contribution in [0.15, 0.2) is 72.8 Å². The number of hydrogen-bond donors (Lipinski definition) is 3. The first kappa shape index (κ1) is 22.8. The quantitative estimate of drug-likeness (QED) is 0.270. The summed E-state index contributed by atoms with van der Waals surface area (Å²) in [6.45, 7) is 3.83. The lowest BCUT2D eigenvalue weighted by atomic mass is 10.0. The van der Waals surface area contributed by atoms with E-state index in [2.05, 4.69) is 23.4 Å². The van der Waals surface area contributed by atoms with Crippen LogP contribution in [0, 0.1) is 24.0 Å². The standard InChI is InChI=1S/C23H22N4O4S/c1-15-9-8-13-18(16(15)2)24-22(28)21(17-10-4-3-5-11-17)26(32)23(29)25-19-12-6-7-14-20(19)27(30)31/h3-14,21,32H,1-2H3,(H,24,28)(H,25,29). The van der Waals surface area contributed by atoms with Gasteiger partial charge in [0.15, 0.2) is 0 Å². The first-order valence-corrected chi connectivity index (χ1v) is 10.1. The SMILES string of the molecule is Cc1cccc(NC(=O)C(c2ccccc2)N(S)C(=O)Nc2ccccc2[N+](=O)[O-])c1C. The molecule has 3 aromatic rings. The molecule has 0 radical (unpaired) electrons. The number of amides is 3. The lowest BCUT2D eigenvalue weighted by Gasteiger charge is -2.27. The van der Waals surface area contributed by atoms with E-state index in [1.54, 1.807) is 42.5 Å². The van der Waals surface area contributed by atoms with Gasteiger partial charge >= 0.3 is 6.03 Å². The number of hydrogen-bond acceptors (Lipinski definition) is 5. The average Bonchev–Trinajstić information content (AvgIpc) is 2.78. The van der Waals surface area contributed by atoms with Crippen molar-refractivity contribution in [2.75, 3.05) is 10.6 Å². The molecule has 164 valence electrons. The van der Waals surface area contributed by atoms with Crippen molar-refractivity contribution in [2.24, 2.45) is 0 Å². The molecule has 1 unspecified atom stereocenters. The number of urea groups is 1. The van der Waals surface area contributed by atoms with Gasteiger partial charge in [0.25, 0.3) is 11.6 Å². The summed E-state index contributed by atoms with van der Waals surface area (Å²) in [6, 6.07) is 18.1. The lowest BCUT2D eigenvalue weighted by molar-refractivity contribution is -0.383. The van der Waals surface area contributed by atoms with Gasteiger partial charge in [0, 0.05) is 11.8 Å². The summed E-state index contributed by atoms with van der Waals surface area (Å²) in [5, 5.41) is 16.6. The Kier molecular flexibility index (Phi) is 7.11. The number of anilines is 2. The Bertz CT molecular complexity index is 1150.